The Morgan fingerprint density at radius 2 is 1.95 bits per heavy atom. The van der Waals surface area contributed by atoms with Gasteiger partial charge in [0.05, 0.1) is 11.7 Å². The van der Waals surface area contributed by atoms with Crippen LogP contribution in [-0.2, 0) is 0 Å². The standard InChI is InChI=1S/C15H14BrFO2/c1-9-8-11(16)6-7-13(9)19-14-5-3-4-12(17)15(14)10(2)18/h3-8,10,18H,1-2H3/t10-/m0/s1. The molecule has 1 N–H and O–H groups in total. The Hall–Kier alpha value is -1.39. The minimum atomic E-state index is -0.924. The summed E-state index contributed by atoms with van der Waals surface area (Å²) < 4.78 is 20.4. The average Bonchev–Trinajstić information content (AvgIpc) is 2.32. The van der Waals surface area contributed by atoms with Gasteiger partial charge in [-0.1, -0.05) is 22.0 Å². The molecule has 0 aliphatic carbocycles. The lowest BCUT2D eigenvalue weighted by Gasteiger charge is -2.15. The van der Waals surface area contributed by atoms with Crippen molar-refractivity contribution >= 4 is 15.9 Å². The SMILES string of the molecule is Cc1cc(Br)ccc1Oc1cccc(F)c1[C@H](C)O. The molecule has 0 bridgehead atoms. The van der Waals surface area contributed by atoms with Gasteiger partial charge in [0, 0.05) is 4.47 Å². The normalized spacial score (nSPS) is 12.3. The number of hydrogen-bond acceptors (Lipinski definition) is 2. The van der Waals surface area contributed by atoms with E-state index < -0.39 is 11.9 Å². The minimum Gasteiger partial charge on any atom is -0.457 e. The van der Waals surface area contributed by atoms with E-state index in [0.29, 0.717) is 11.5 Å². The molecule has 0 unspecified atom stereocenters. The molecule has 0 spiro atoms. The predicted molar refractivity (Wildman–Crippen MR) is 76.0 cm³/mol. The highest BCUT2D eigenvalue weighted by Crippen LogP contribution is 2.33. The summed E-state index contributed by atoms with van der Waals surface area (Å²) in [5, 5.41) is 9.65. The monoisotopic (exact) mass is 324 g/mol. The summed E-state index contributed by atoms with van der Waals surface area (Å²) in [5.74, 6) is 0.499. The van der Waals surface area contributed by atoms with Gasteiger partial charge in [-0.05, 0) is 49.7 Å². The fraction of sp³-hybridized carbons (Fsp3) is 0.200. The van der Waals surface area contributed by atoms with E-state index in [-0.39, 0.29) is 5.56 Å². The lowest BCUT2D eigenvalue weighted by Crippen LogP contribution is -2.00. The highest BCUT2D eigenvalue weighted by Gasteiger charge is 2.15. The van der Waals surface area contributed by atoms with Crippen LogP contribution in [0.4, 0.5) is 4.39 Å². The molecule has 4 heteroatoms. The molecule has 0 aliphatic heterocycles. The van der Waals surface area contributed by atoms with Crippen LogP contribution in [0.2, 0.25) is 0 Å². The Kier molecular flexibility index (Phi) is 4.22. The number of benzene rings is 2. The topological polar surface area (TPSA) is 29.5 Å². The van der Waals surface area contributed by atoms with Crippen LogP contribution in [0.15, 0.2) is 40.9 Å². The van der Waals surface area contributed by atoms with Crippen molar-refractivity contribution in [1.29, 1.82) is 0 Å². The number of rotatable bonds is 3. The third-order valence-corrected chi connectivity index (χ3v) is 3.28. The molecule has 19 heavy (non-hydrogen) atoms. The van der Waals surface area contributed by atoms with Crippen molar-refractivity contribution in [3.63, 3.8) is 0 Å². The van der Waals surface area contributed by atoms with Crippen molar-refractivity contribution < 1.29 is 14.2 Å². The van der Waals surface area contributed by atoms with E-state index in [2.05, 4.69) is 15.9 Å². The number of aliphatic hydroxyl groups is 1. The van der Waals surface area contributed by atoms with Crippen LogP contribution in [0.5, 0.6) is 11.5 Å². The summed E-state index contributed by atoms with van der Waals surface area (Å²) in [6, 6.07) is 10.1. The molecule has 2 aromatic carbocycles. The Balaban J connectivity index is 2.41. The Bertz CT molecular complexity index is 597. The predicted octanol–water partition coefficient (Wildman–Crippen LogP) is 4.74. The Morgan fingerprint density at radius 1 is 1.21 bits per heavy atom. The van der Waals surface area contributed by atoms with Gasteiger partial charge in [0.25, 0.3) is 0 Å². The van der Waals surface area contributed by atoms with E-state index in [4.69, 9.17) is 4.74 Å². The largest absolute Gasteiger partial charge is 0.457 e. The molecule has 1 atom stereocenters. The van der Waals surface area contributed by atoms with Crippen molar-refractivity contribution in [1.82, 2.24) is 0 Å². The zero-order valence-corrected chi connectivity index (χ0v) is 12.2. The molecule has 0 heterocycles. The molecular weight excluding hydrogens is 311 g/mol. The molecule has 0 saturated carbocycles. The quantitative estimate of drug-likeness (QED) is 0.883. The van der Waals surface area contributed by atoms with E-state index in [9.17, 15) is 9.50 Å². The smallest absolute Gasteiger partial charge is 0.136 e. The van der Waals surface area contributed by atoms with Crippen LogP contribution in [-0.4, -0.2) is 5.11 Å². The molecule has 2 aromatic rings. The van der Waals surface area contributed by atoms with Gasteiger partial charge in [0.2, 0.25) is 0 Å². The van der Waals surface area contributed by atoms with Gasteiger partial charge in [-0.15, -0.1) is 0 Å². The Labute approximate surface area is 120 Å². The highest BCUT2D eigenvalue weighted by atomic mass is 79.9. The molecule has 2 rings (SSSR count). The summed E-state index contributed by atoms with van der Waals surface area (Å²) in [5.41, 5.74) is 1.10. The lowest BCUT2D eigenvalue weighted by atomic mass is 10.1. The fourth-order valence-electron chi connectivity index (χ4n) is 1.86. The van der Waals surface area contributed by atoms with Crippen molar-refractivity contribution in [3.8, 4) is 11.5 Å². The Morgan fingerprint density at radius 3 is 2.58 bits per heavy atom. The molecule has 2 nitrogen and oxygen atoms in total. The third-order valence-electron chi connectivity index (χ3n) is 2.79. The first-order valence-electron chi connectivity index (χ1n) is 5.89. The van der Waals surface area contributed by atoms with Gasteiger partial charge >= 0.3 is 0 Å². The summed E-state index contributed by atoms with van der Waals surface area (Å²) >= 11 is 3.38. The molecule has 0 aliphatic rings. The van der Waals surface area contributed by atoms with Crippen molar-refractivity contribution in [3.05, 3.63) is 57.8 Å². The summed E-state index contributed by atoms with van der Waals surface area (Å²) in [6.07, 6.45) is -0.924. The van der Waals surface area contributed by atoms with Gasteiger partial charge in [-0.25, -0.2) is 4.39 Å². The second kappa shape index (κ2) is 5.72. The number of aliphatic hydroxyl groups excluding tert-OH is 1. The van der Waals surface area contributed by atoms with E-state index in [1.54, 1.807) is 18.2 Å². The summed E-state index contributed by atoms with van der Waals surface area (Å²) in [4.78, 5) is 0. The molecular formula is C15H14BrFO2. The van der Waals surface area contributed by atoms with Crippen LogP contribution in [0.25, 0.3) is 0 Å². The molecule has 0 radical (unpaired) electrons. The van der Waals surface area contributed by atoms with Crippen LogP contribution in [0.1, 0.15) is 24.2 Å². The van der Waals surface area contributed by atoms with Crippen molar-refractivity contribution in [2.24, 2.45) is 0 Å². The van der Waals surface area contributed by atoms with Crippen LogP contribution in [0.3, 0.4) is 0 Å². The van der Waals surface area contributed by atoms with Crippen molar-refractivity contribution in [2.75, 3.05) is 0 Å². The zero-order valence-electron chi connectivity index (χ0n) is 10.7. The zero-order chi connectivity index (χ0) is 14.0. The first kappa shape index (κ1) is 14.0. The maximum absolute atomic E-state index is 13.7. The lowest BCUT2D eigenvalue weighted by molar-refractivity contribution is 0.190. The van der Waals surface area contributed by atoms with Crippen LogP contribution >= 0.6 is 15.9 Å². The maximum atomic E-state index is 13.7. The van der Waals surface area contributed by atoms with Crippen LogP contribution < -0.4 is 4.74 Å². The second-order valence-corrected chi connectivity index (χ2v) is 5.26. The highest BCUT2D eigenvalue weighted by molar-refractivity contribution is 9.10. The van der Waals surface area contributed by atoms with Gasteiger partial charge < -0.3 is 9.84 Å². The second-order valence-electron chi connectivity index (χ2n) is 4.34. The van der Waals surface area contributed by atoms with Crippen LogP contribution in [0, 0.1) is 12.7 Å². The van der Waals surface area contributed by atoms with Gasteiger partial charge in [0.15, 0.2) is 0 Å². The first-order valence-corrected chi connectivity index (χ1v) is 6.69. The minimum absolute atomic E-state index is 0.171. The van der Waals surface area contributed by atoms with Crippen molar-refractivity contribution in [2.45, 2.75) is 20.0 Å². The van der Waals surface area contributed by atoms with E-state index in [0.717, 1.165) is 10.0 Å². The van der Waals surface area contributed by atoms with E-state index in [1.807, 2.05) is 19.1 Å². The number of aryl methyl sites for hydroxylation is 1. The molecule has 0 amide bonds. The number of ether oxygens (including phenoxy) is 1. The molecule has 0 fully saturated rings. The van der Waals surface area contributed by atoms with Gasteiger partial charge in [-0.3, -0.25) is 0 Å². The maximum Gasteiger partial charge on any atom is 0.136 e. The molecule has 0 saturated heterocycles. The third kappa shape index (κ3) is 3.14. The number of hydrogen-bond donors (Lipinski definition) is 1. The van der Waals surface area contributed by atoms with Gasteiger partial charge in [0.1, 0.15) is 17.3 Å². The van der Waals surface area contributed by atoms with Gasteiger partial charge in [-0.2, -0.15) is 0 Å². The first-order chi connectivity index (χ1) is 8.99. The van der Waals surface area contributed by atoms with E-state index >= 15 is 0 Å². The fourth-order valence-corrected chi connectivity index (χ4v) is 2.33. The van der Waals surface area contributed by atoms with E-state index in [1.165, 1.54) is 13.0 Å². The summed E-state index contributed by atoms with van der Waals surface area (Å²) in [6.45, 7) is 3.42. The molecule has 100 valence electrons. The molecule has 0 aromatic heterocycles. The summed E-state index contributed by atoms with van der Waals surface area (Å²) in [7, 11) is 0. The average molecular weight is 325 g/mol. The number of halogens is 2.